The molecule has 0 aliphatic rings. The minimum Gasteiger partial charge on any atom is -0.368 e. The van der Waals surface area contributed by atoms with Crippen LogP contribution in [0.25, 0.3) is 0 Å². The van der Waals surface area contributed by atoms with Gasteiger partial charge < -0.3 is 60.2 Å². The maximum Gasteiger partial charge on any atom is 0.243 e. The van der Waals surface area contributed by atoms with Crippen molar-refractivity contribution in [3.63, 3.8) is 0 Å². The lowest BCUT2D eigenvalue weighted by atomic mass is 9.97. The van der Waals surface area contributed by atoms with E-state index in [-0.39, 0.29) is 74.0 Å². The van der Waals surface area contributed by atoms with Crippen LogP contribution in [0.15, 0.2) is 0 Å². The van der Waals surface area contributed by atoms with Crippen molar-refractivity contribution in [2.75, 3.05) is 13.1 Å². The summed E-state index contributed by atoms with van der Waals surface area (Å²) in [6.07, 6.45) is 4.55. The van der Waals surface area contributed by atoms with Crippen molar-refractivity contribution in [3.05, 3.63) is 0 Å². The zero-order valence-corrected chi connectivity index (χ0v) is 43.1. The van der Waals surface area contributed by atoms with Crippen molar-refractivity contribution in [2.24, 2.45) is 58.4 Å². The Morgan fingerprint density at radius 1 is 0.328 bits per heavy atom. The topological polar surface area (TPSA) is 325 Å². The molecule has 0 aromatic rings. The average Bonchev–Trinajstić information content (AvgIpc) is 3.20. The van der Waals surface area contributed by atoms with Crippen LogP contribution in [0.2, 0.25) is 0 Å². The predicted octanol–water partition coefficient (Wildman–Crippen LogP) is 1.73. The van der Waals surface area contributed by atoms with Crippen molar-refractivity contribution in [1.82, 2.24) is 37.2 Å². The first kappa shape index (κ1) is 62.6. The van der Waals surface area contributed by atoms with Gasteiger partial charge in [-0.05, 0) is 119 Å². The summed E-state index contributed by atoms with van der Waals surface area (Å²) in [6.45, 7) is 23.5. The number of rotatable bonds is 35. The molecule has 0 aromatic heterocycles. The second-order valence-corrected chi connectivity index (χ2v) is 20.8. The molecule has 15 N–H and O–H groups in total. The highest BCUT2D eigenvalue weighted by Crippen LogP contribution is 2.15. The number of hydrogen-bond donors (Lipinski definition) is 11. The van der Waals surface area contributed by atoms with Gasteiger partial charge in [0.05, 0.1) is 6.04 Å². The summed E-state index contributed by atoms with van der Waals surface area (Å²) in [4.78, 5) is 109. The summed E-state index contributed by atoms with van der Waals surface area (Å²) in [5.74, 6) is -5.04. The van der Waals surface area contributed by atoms with E-state index in [0.717, 1.165) is 0 Å². The Morgan fingerprint density at radius 3 is 0.806 bits per heavy atom. The van der Waals surface area contributed by atoms with Crippen molar-refractivity contribution in [1.29, 1.82) is 0 Å². The van der Waals surface area contributed by atoms with Gasteiger partial charge in [0.25, 0.3) is 0 Å². The minimum atomic E-state index is -1.12. The number of nitrogens with one attached hydrogen (secondary N) is 7. The number of amides is 8. The highest BCUT2D eigenvalue weighted by atomic mass is 16.2. The Hall–Kier alpha value is -4.36. The van der Waals surface area contributed by atoms with Gasteiger partial charge >= 0.3 is 0 Å². The van der Waals surface area contributed by atoms with Gasteiger partial charge in [-0.25, -0.2) is 0 Å². The molecule has 8 amide bonds. The van der Waals surface area contributed by atoms with Crippen LogP contribution >= 0.6 is 0 Å². The Labute approximate surface area is 401 Å². The first-order valence-corrected chi connectivity index (χ1v) is 24.8. The maximum atomic E-state index is 14.2. The summed E-state index contributed by atoms with van der Waals surface area (Å²) in [5, 5.41) is 19.6. The van der Waals surface area contributed by atoms with E-state index in [2.05, 4.69) is 37.2 Å². The second kappa shape index (κ2) is 33.2. The summed E-state index contributed by atoms with van der Waals surface area (Å²) in [6, 6.07) is -8.19. The third kappa shape index (κ3) is 27.3. The normalized spacial score (nSPS) is 15.3. The van der Waals surface area contributed by atoms with Crippen molar-refractivity contribution in [2.45, 2.75) is 208 Å². The second-order valence-electron chi connectivity index (χ2n) is 20.8. The van der Waals surface area contributed by atoms with Gasteiger partial charge in [0.15, 0.2) is 0 Å². The number of hydrogen-bond acceptors (Lipinski definition) is 11. The molecule has 0 saturated carbocycles. The quantitative estimate of drug-likeness (QED) is 0.0407. The van der Waals surface area contributed by atoms with Crippen molar-refractivity contribution < 1.29 is 38.4 Å². The largest absolute Gasteiger partial charge is 0.368 e. The first-order valence-electron chi connectivity index (χ1n) is 24.8. The molecule has 0 aliphatic carbocycles. The van der Waals surface area contributed by atoms with Crippen LogP contribution < -0.4 is 60.2 Å². The molecule has 0 bridgehead atoms. The van der Waals surface area contributed by atoms with E-state index < -0.39 is 95.6 Å². The van der Waals surface area contributed by atoms with Crippen LogP contribution in [0.1, 0.15) is 160 Å². The zero-order chi connectivity index (χ0) is 51.6. The fourth-order valence-electron chi connectivity index (χ4n) is 7.55. The van der Waals surface area contributed by atoms with Gasteiger partial charge in [-0.2, -0.15) is 0 Å². The summed E-state index contributed by atoms with van der Waals surface area (Å²) < 4.78 is 0. The highest BCUT2D eigenvalue weighted by molar-refractivity contribution is 5.97. The van der Waals surface area contributed by atoms with E-state index in [1.54, 1.807) is 0 Å². The molecule has 0 unspecified atom stereocenters. The van der Waals surface area contributed by atoms with Crippen LogP contribution in [0.4, 0.5) is 0 Å². The Balaban J connectivity index is 6.53. The summed E-state index contributed by atoms with van der Waals surface area (Å²) in [5.41, 5.74) is 23.0. The summed E-state index contributed by atoms with van der Waals surface area (Å²) in [7, 11) is 0. The molecular weight excluding hydrogens is 859 g/mol. The molecule has 0 spiro atoms. The fourth-order valence-corrected chi connectivity index (χ4v) is 7.55. The smallest absolute Gasteiger partial charge is 0.243 e. The van der Waals surface area contributed by atoms with Gasteiger partial charge in [-0.1, -0.05) is 89.5 Å². The van der Waals surface area contributed by atoms with E-state index in [1.807, 2.05) is 83.1 Å². The number of primary amides is 1. The third-order valence-electron chi connectivity index (χ3n) is 11.0. The average molecular weight is 952 g/mol. The minimum absolute atomic E-state index is 0.0228. The predicted molar refractivity (Wildman–Crippen MR) is 263 cm³/mol. The van der Waals surface area contributed by atoms with E-state index in [4.69, 9.17) is 22.9 Å². The van der Waals surface area contributed by atoms with Gasteiger partial charge in [-0.3, -0.25) is 38.4 Å². The van der Waals surface area contributed by atoms with Gasteiger partial charge in [-0.15, -0.1) is 0 Å². The number of carbonyl (C=O) groups is 8. The molecular formula is C48H93N11O8. The maximum absolute atomic E-state index is 14.2. The van der Waals surface area contributed by atoms with Crippen molar-refractivity contribution >= 4 is 47.3 Å². The Kier molecular flexibility index (Phi) is 31.0. The monoisotopic (exact) mass is 952 g/mol. The molecule has 19 heteroatoms. The van der Waals surface area contributed by atoms with Crippen LogP contribution in [0.5, 0.6) is 0 Å². The van der Waals surface area contributed by atoms with E-state index >= 15 is 0 Å². The van der Waals surface area contributed by atoms with E-state index in [9.17, 15) is 38.4 Å². The van der Waals surface area contributed by atoms with E-state index in [1.165, 1.54) is 0 Å². The van der Waals surface area contributed by atoms with Crippen LogP contribution in [0, 0.1) is 35.5 Å². The SMILES string of the molecule is CC(C)C[C@H](NC(=O)[C@H](CC(C)C)NC(=O)[C@H](CC(C)C)NC(=O)[C@H](CC(C)C)NC(=O)[C@H](CC(C)C)NC(=O)[C@H](CC(C)C)NC(=O)[C@H](CCCCN)NC(=O)[C@@H](N)CCCCN)C(N)=O. The van der Waals surface area contributed by atoms with Crippen molar-refractivity contribution in [3.8, 4) is 0 Å². The van der Waals surface area contributed by atoms with E-state index in [0.29, 0.717) is 51.6 Å². The molecule has 0 heterocycles. The molecule has 0 saturated heterocycles. The highest BCUT2D eigenvalue weighted by Gasteiger charge is 2.35. The van der Waals surface area contributed by atoms with Crippen LogP contribution in [-0.2, 0) is 38.4 Å². The summed E-state index contributed by atoms with van der Waals surface area (Å²) >= 11 is 0. The molecule has 0 rings (SSSR count). The van der Waals surface area contributed by atoms with Gasteiger partial charge in [0.2, 0.25) is 47.3 Å². The van der Waals surface area contributed by atoms with Crippen LogP contribution in [-0.4, -0.2) is 109 Å². The third-order valence-corrected chi connectivity index (χ3v) is 11.0. The molecule has 67 heavy (non-hydrogen) atoms. The molecule has 0 radical (unpaired) electrons. The van der Waals surface area contributed by atoms with Gasteiger partial charge in [0, 0.05) is 0 Å². The number of carbonyl (C=O) groups excluding carboxylic acids is 8. The Bertz CT molecular complexity index is 1540. The molecule has 0 aromatic carbocycles. The number of nitrogens with two attached hydrogens (primary N) is 4. The molecule has 0 aliphatic heterocycles. The number of unbranched alkanes of at least 4 members (excludes halogenated alkanes) is 2. The molecule has 0 fully saturated rings. The van der Waals surface area contributed by atoms with Gasteiger partial charge in [0.1, 0.15) is 42.3 Å². The van der Waals surface area contributed by atoms with Crippen LogP contribution in [0.3, 0.4) is 0 Å². The molecule has 8 atom stereocenters. The Morgan fingerprint density at radius 2 is 0.552 bits per heavy atom. The lowest BCUT2D eigenvalue weighted by Gasteiger charge is -2.30. The molecule has 388 valence electrons. The fraction of sp³-hybridized carbons (Fsp3) is 0.833. The first-order chi connectivity index (χ1) is 31.2. The molecule has 19 nitrogen and oxygen atoms in total. The lowest BCUT2D eigenvalue weighted by Crippen LogP contribution is -2.60. The lowest BCUT2D eigenvalue weighted by molar-refractivity contribution is -0.136. The standard InChI is InChI=1S/C48H93N11O8/c1-27(2)21-35(41(52)60)54-44(63)36(22-28(3)4)56-46(65)38(24-30(7)8)58-48(67)40(26-32(11)12)59-47(66)39(25-31(9)10)57-45(64)37(23-29(5)6)55-43(62)34(18-14-16-20-50)53-42(61)33(51)17-13-15-19-49/h27-40H,13-26,49-51H2,1-12H3,(H2,52,60)(H,53,61)(H,54,63)(H,55,62)(H,56,65)(H,57,64)(H,58,67)(H,59,66)/t33-,34-,35-,36-,37-,38-,39-,40-/m0/s1. The zero-order valence-electron chi connectivity index (χ0n) is 43.1.